The fourth-order valence-corrected chi connectivity index (χ4v) is 6.00. The SMILES string of the molecule is NC(=O)COc1ccc(CCC[N+]2(CCCc3ccc(OCC(N)=O)cc3)CCCC(NC(=O)c3nc(Cl)c(N)nc3N)C2)cc1.O=C([O-])C(F)(F)F. The van der Waals surface area contributed by atoms with E-state index in [1.807, 2.05) is 48.5 Å². The molecule has 0 spiro atoms. The summed E-state index contributed by atoms with van der Waals surface area (Å²) >= 11 is 6.02. The van der Waals surface area contributed by atoms with Gasteiger partial charge in [0.1, 0.15) is 17.5 Å². The monoisotopic (exact) mass is 766 g/mol. The van der Waals surface area contributed by atoms with Gasteiger partial charge in [-0.05, 0) is 61.1 Å². The van der Waals surface area contributed by atoms with E-state index < -0.39 is 29.9 Å². The highest BCUT2D eigenvalue weighted by atomic mass is 35.5. The number of aryl methyl sites for hydroxylation is 2. The Labute approximate surface area is 308 Å². The molecule has 1 saturated heterocycles. The standard InChI is InChI=1S/C32H41ClN8O5.C2HF3O2/c33-29-31(37)40-30(36)28(39-29)32(44)38-23-6-3-17-41(18-23,15-1-4-21-7-11-24(12-8-21)45-19-26(34)42)16-2-5-22-9-13-25(14-10-22)46-20-27(35)43;3-2(4,5)1(6)7/h7-14,23H,1-6,15-20H2,(H8-,34,35,36,37,38,40,42,43,44);(H,6,7). The van der Waals surface area contributed by atoms with E-state index in [9.17, 15) is 27.6 Å². The fourth-order valence-electron chi connectivity index (χ4n) is 5.87. The Morgan fingerprint density at radius 2 is 1.32 bits per heavy atom. The predicted molar refractivity (Wildman–Crippen MR) is 186 cm³/mol. The van der Waals surface area contributed by atoms with Crippen LogP contribution in [0.2, 0.25) is 5.15 Å². The van der Waals surface area contributed by atoms with Gasteiger partial charge < -0.3 is 52.1 Å². The maximum Gasteiger partial charge on any atom is 0.430 e. The number of aliphatic carboxylic acids is 1. The molecule has 0 saturated carbocycles. The number of likely N-dealkylation sites (tertiary alicyclic amines) is 1. The number of nitrogens with zero attached hydrogens (tertiary/aromatic N) is 3. The number of carboxylic acid groups (broad SMARTS) is 1. The van der Waals surface area contributed by atoms with E-state index in [0.29, 0.717) is 11.5 Å². The molecule has 288 valence electrons. The molecule has 1 fully saturated rings. The van der Waals surface area contributed by atoms with Gasteiger partial charge in [-0.25, -0.2) is 9.97 Å². The first-order valence-corrected chi connectivity index (χ1v) is 16.9. The van der Waals surface area contributed by atoms with Crippen LogP contribution in [0.1, 0.15) is 47.3 Å². The van der Waals surface area contributed by atoms with Gasteiger partial charge in [0.25, 0.3) is 17.7 Å². The van der Waals surface area contributed by atoms with Gasteiger partial charge in [0, 0.05) is 12.8 Å². The molecule has 1 aliphatic rings. The maximum absolute atomic E-state index is 13.2. The van der Waals surface area contributed by atoms with Crippen molar-refractivity contribution < 1.29 is 51.4 Å². The minimum atomic E-state index is -5.19. The number of aromatic nitrogens is 2. The van der Waals surface area contributed by atoms with Crippen LogP contribution in [-0.4, -0.2) is 89.8 Å². The zero-order valence-electron chi connectivity index (χ0n) is 28.7. The lowest BCUT2D eigenvalue weighted by Crippen LogP contribution is -2.60. The Hall–Kier alpha value is -5.36. The second-order valence-corrected chi connectivity index (χ2v) is 12.8. The Morgan fingerprint density at radius 1 is 0.849 bits per heavy atom. The van der Waals surface area contributed by atoms with Crippen LogP contribution in [0.4, 0.5) is 24.8 Å². The number of rotatable bonds is 16. The number of nitrogens with one attached hydrogen (secondary N) is 1. The van der Waals surface area contributed by atoms with Gasteiger partial charge >= 0.3 is 6.18 Å². The summed E-state index contributed by atoms with van der Waals surface area (Å²) in [7, 11) is 0. The first kappa shape index (κ1) is 42.1. The molecule has 19 heteroatoms. The second kappa shape index (κ2) is 19.5. The number of nitrogens with two attached hydrogens (primary N) is 4. The normalized spacial score (nSPS) is 15.0. The Balaban J connectivity index is 0.000000980. The molecule has 1 aliphatic heterocycles. The van der Waals surface area contributed by atoms with Crippen LogP contribution in [0, 0.1) is 0 Å². The third-order valence-electron chi connectivity index (χ3n) is 8.28. The Bertz CT molecular complexity index is 1650. The number of alkyl halides is 3. The quantitative estimate of drug-likeness (QED) is 0.130. The molecule has 1 atom stereocenters. The number of carbonyl (C=O) groups is 4. The molecule has 1 unspecified atom stereocenters. The number of carboxylic acids is 1. The van der Waals surface area contributed by atoms with Crippen molar-refractivity contribution in [2.75, 3.05) is 50.9 Å². The summed E-state index contributed by atoms with van der Waals surface area (Å²) in [6.07, 6.45) is 0.222. The highest BCUT2D eigenvalue weighted by molar-refractivity contribution is 6.31. The Kier molecular flexibility index (Phi) is 15.4. The number of ether oxygens (including phenoxy) is 2. The van der Waals surface area contributed by atoms with E-state index in [1.165, 1.54) is 11.1 Å². The molecule has 9 N–H and O–H groups in total. The van der Waals surface area contributed by atoms with Crippen molar-refractivity contribution in [1.29, 1.82) is 0 Å². The molecule has 2 heterocycles. The van der Waals surface area contributed by atoms with E-state index >= 15 is 0 Å². The van der Waals surface area contributed by atoms with Gasteiger partial charge in [0.05, 0.1) is 32.2 Å². The minimum Gasteiger partial charge on any atom is -0.542 e. The van der Waals surface area contributed by atoms with Crippen molar-refractivity contribution in [3.8, 4) is 11.5 Å². The number of amides is 3. The predicted octanol–water partition coefficient (Wildman–Crippen LogP) is 1.30. The Morgan fingerprint density at radius 3 is 1.75 bits per heavy atom. The summed E-state index contributed by atoms with van der Waals surface area (Å²) < 4.78 is 43.2. The summed E-state index contributed by atoms with van der Waals surface area (Å²) in [5.41, 5.74) is 24.3. The van der Waals surface area contributed by atoms with Crippen molar-refractivity contribution in [1.82, 2.24) is 15.3 Å². The molecule has 0 radical (unpaired) electrons. The first-order valence-electron chi connectivity index (χ1n) is 16.5. The molecule has 15 nitrogen and oxygen atoms in total. The number of benzene rings is 2. The lowest BCUT2D eigenvalue weighted by Gasteiger charge is -2.45. The molecule has 0 bridgehead atoms. The van der Waals surface area contributed by atoms with E-state index in [2.05, 4.69) is 15.3 Å². The van der Waals surface area contributed by atoms with Crippen LogP contribution in [0.5, 0.6) is 11.5 Å². The lowest BCUT2D eigenvalue weighted by atomic mass is 9.99. The lowest BCUT2D eigenvalue weighted by molar-refractivity contribution is -0.933. The summed E-state index contributed by atoms with van der Waals surface area (Å²) in [6, 6.07) is 15.3. The highest BCUT2D eigenvalue weighted by Crippen LogP contribution is 2.25. The topological polar surface area (TPSA) is 252 Å². The minimum absolute atomic E-state index is 0.0234. The number of piperidine rings is 1. The van der Waals surface area contributed by atoms with Crippen LogP contribution < -0.4 is 42.8 Å². The van der Waals surface area contributed by atoms with Gasteiger partial charge in [-0.2, -0.15) is 13.2 Å². The number of halogens is 4. The van der Waals surface area contributed by atoms with Crippen molar-refractivity contribution in [2.45, 2.75) is 50.7 Å². The molecule has 1 aromatic heterocycles. The molecule has 3 aromatic rings. The zero-order valence-corrected chi connectivity index (χ0v) is 29.5. The van der Waals surface area contributed by atoms with Crippen LogP contribution in [0.15, 0.2) is 48.5 Å². The number of carbonyl (C=O) groups excluding carboxylic acids is 4. The third-order valence-corrected chi connectivity index (χ3v) is 8.56. The fraction of sp³-hybridized carbons (Fsp3) is 0.412. The molecule has 4 rings (SSSR count). The van der Waals surface area contributed by atoms with Crippen LogP contribution in [-0.2, 0) is 27.2 Å². The summed E-state index contributed by atoms with van der Waals surface area (Å²) in [5.74, 6) is -3.36. The van der Waals surface area contributed by atoms with Crippen LogP contribution in [0.25, 0.3) is 0 Å². The van der Waals surface area contributed by atoms with Crippen molar-refractivity contribution in [3.05, 3.63) is 70.5 Å². The molecular weight excluding hydrogens is 725 g/mol. The van der Waals surface area contributed by atoms with Crippen molar-refractivity contribution in [2.24, 2.45) is 11.5 Å². The molecule has 53 heavy (non-hydrogen) atoms. The van der Waals surface area contributed by atoms with Crippen LogP contribution >= 0.6 is 11.6 Å². The summed E-state index contributed by atoms with van der Waals surface area (Å²) in [5, 5.41) is 11.8. The van der Waals surface area contributed by atoms with Gasteiger partial charge in [0.15, 0.2) is 35.7 Å². The van der Waals surface area contributed by atoms with E-state index in [4.69, 9.17) is 53.9 Å². The van der Waals surface area contributed by atoms with E-state index in [-0.39, 0.29) is 41.7 Å². The average Bonchev–Trinajstić information content (AvgIpc) is 3.09. The van der Waals surface area contributed by atoms with Gasteiger partial charge in [-0.1, -0.05) is 35.9 Å². The molecule has 2 aromatic carbocycles. The molecular formula is C34H42ClF3N8O7. The first-order chi connectivity index (χ1) is 25.0. The zero-order chi connectivity index (χ0) is 39.2. The van der Waals surface area contributed by atoms with Crippen molar-refractivity contribution in [3.63, 3.8) is 0 Å². The van der Waals surface area contributed by atoms with Gasteiger partial charge in [-0.15, -0.1) is 0 Å². The van der Waals surface area contributed by atoms with Gasteiger partial charge in [0.2, 0.25) is 0 Å². The van der Waals surface area contributed by atoms with E-state index in [0.717, 1.165) is 69.2 Å². The third kappa shape index (κ3) is 14.3. The number of quaternary nitrogens is 1. The summed E-state index contributed by atoms with van der Waals surface area (Å²) in [4.78, 5) is 52.0. The summed E-state index contributed by atoms with van der Waals surface area (Å²) in [6.45, 7) is 3.32. The number of anilines is 2. The number of hydrogen-bond acceptors (Lipinski definition) is 11. The largest absolute Gasteiger partial charge is 0.542 e. The maximum atomic E-state index is 13.2. The number of nitrogen functional groups attached to an aromatic ring is 2. The average molecular weight is 767 g/mol. The molecule has 0 aliphatic carbocycles. The highest BCUT2D eigenvalue weighted by Gasteiger charge is 2.36. The van der Waals surface area contributed by atoms with Crippen LogP contribution in [0.3, 0.4) is 0 Å². The van der Waals surface area contributed by atoms with E-state index in [1.54, 1.807) is 0 Å². The molecule has 3 amide bonds. The number of hydrogen-bond donors (Lipinski definition) is 5. The van der Waals surface area contributed by atoms with Gasteiger partial charge in [-0.3, -0.25) is 14.4 Å². The second-order valence-electron chi connectivity index (χ2n) is 12.4. The number of primary amides is 2. The smallest absolute Gasteiger partial charge is 0.430 e. The van der Waals surface area contributed by atoms with Crippen molar-refractivity contribution >= 4 is 46.9 Å².